The van der Waals surface area contributed by atoms with Crippen molar-refractivity contribution in [3.05, 3.63) is 53.6 Å². The lowest BCUT2D eigenvalue weighted by atomic mass is 10.1. The van der Waals surface area contributed by atoms with Gasteiger partial charge < -0.3 is 10.5 Å². The van der Waals surface area contributed by atoms with Gasteiger partial charge in [-0.3, -0.25) is 0 Å². The first-order valence-corrected chi connectivity index (χ1v) is 5.91. The van der Waals surface area contributed by atoms with E-state index in [0.717, 1.165) is 11.3 Å². The van der Waals surface area contributed by atoms with Crippen LogP contribution in [-0.4, -0.2) is 9.97 Å². The van der Waals surface area contributed by atoms with E-state index in [-0.39, 0.29) is 6.04 Å². The van der Waals surface area contributed by atoms with Crippen molar-refractivity contribution in [2.24, 2.45) is 5.73 Å². The second-order valence-electron chi connectivity index (χ2n) is 4.28. The minimum atomic E-state index is -0.0587. The van der Waals surface area contributed by atoms with Crippen molar-refractivity contribution in [3.8, 4) is 5.75 Å². The average molecular weight is 243 g/mol. The molecule has 1 aromatic carbocycles. The molecule has 2 aromatic rings. The molecule has 0 bridgehead atoms. The molecular formula is C14H17N3O. The van der Waals surface area contributed by atoms with Crippen LogP contribution in [0.3, 0.4) is 0 Å². The monoisotopic (exact) mass is 243 g/mol. The molecule has 0 amide bonds. The maximum absolute atomic E-state index is 5.94. The molecule has 4 heteroatoms. The minimum absolute atomic E-state index is 0.0587. The van der Waals surface area contributed by atoms with Crippen LogP contribution in [0.2, 0.25) is 0 Å². The van der Waals surface area contributed by atoms with Crippen LogP contribution >= 0.6 is 0 Å². The van der Waals surface area contributed by atoms with Crippen LogP contribution in [0.4, 0.5) is 0 Å². The first-order chi connectivity index (χ1) is 8.66. The largest absolute Gasteiger partial charge is 0.485 e. The zero-order chi connectivity index (χ0) is 13.0. The quantitative estimate of drug-likeness (QED) is 0.895. The fourth-order valence-corrected chi connectivity index (χ4v) is 1.70. The normalized spacial score (nSPS) is 12.2. The zero-order valence-electron chi connectivity index (χ0n) is 10.6. The van der Waals surface area contributed by atoms with E-state index in [2.05, 4.69) is 9.97 Å². The zero-order valence-corrected chi connectivity index (χ0v) is 10.6. The lowest BCUT2D eigenvalue weighted by molar-refractivity contribution is 0.291. The molecule has 0 spiro atoms. The maximum atomic E-state index is 5.94. The van der Waals surface area contributed by atoms with Crippen molar-refractivity contribution in [1.82, 2.24) is 9.97 Å². The van der Waals surface area contributed by atoms with Crippen molar-refractivity contribution >= 4 is 0 Å². The third kappa shape index (κ3) is 3.05. The molecule has 1 atom stereocenters. The number of aryl methyl sites for hydroxylation is 1. The number of hydrogen-bond acceptors (Lipinski definition) is 4. The Kier molecular flexibility index (Phi) is 3.89. The third-order valence-corrected chi connectivity index (χ3v) is 2.63. The number of benzene rings is 1. The molecule has 18 heavy (non-hydrogen) atoms. The smallest absolute Gasteiger partial charge is 0.166 e. The summed E-state index contributed by atoms with van der Waals surface area (Å²) in [5.41, 5.74) is 8.12. The molecule has 1 aromatic heterocycles. The number of hydrogen-bond donors (Lipinski definition) is 1. The molecule has 94 valence electrons. The van der Waals surface area contributed by atoms with Gasteiger partial charge in [0.15, 0.2) is 5.82 Å². The van der Waals surface area contributed by atoms with Gasteiger partial charge in [-0.2, -0.15) is 0 Å². The van der Waals surface area contributed by atoms with Gasteiger partial charge in [0.05, 0.1) is 0 Å². The Labute approximate surface area is 107 Å². The molecule has 0 fully saturated rings. The Morgan fingerprint density at radius 3 is 2.67 bits per heavy atom. The number of nitrogens with two attached hydrogens (primary N) is 1. The van der Waals surface area contributed by atoms with Crippen molar-refractivity contribution in [1.29, 1.82) is 0 Å². The van der Waals surface area contributed by atoms with Crippen molar-refractivity contribution in [2.75, 3.05) is 0 Å². The second kappa shape index (κ2) is 5.60. The molecule has 0 saturated heterocycles. The number of aromatic nitrogens is 2. The summed E-state index contributed by atoms with van der Waals surface area (Å²) in [6.07, 6.45) is 3.40. The lowest BCUT2D eigenvalue weighted by Crippen LogP contribution is -2.09. The summed E-state index contributed by atoms with van der Waals surface area (Å²) >= 11 is 0. The Morgan fingerprint density at radius 2 is 2.00 bits per heavy atom. The Hall–Kier alpha value is -1.94. The lowest BCUT2D eigenvalue weighted by Gasteiger charge is -2.14. The van der Waals surface area contributed by atoms with E-state index in [0.29, 0.717) is 12.4 Å². The summed E-state index contributed by atoms with van der Waals surface area (Å²) in [7, 11) is 0. The van der Waals surface area contributed by atoms with Crippen molar-refractivity contribution in [2.45, 2.75) is 26.5 Å². The van der Waals surface area contributed by atoms with Gasteiger partial charge in [0.2, 0.25) is 0 Å². The van der Waals surface area contributed by atoms with E-state index in [1.807, 2.05) is 32.0 Å². The summed E-state index contributed by atoms with van der Waals surface area (Å²) < 4.78 is 5.73. The summed E-state index contributed by atoms with van der Waals surface area (Å²) in [6.45, 7) is 4.33. The summed E-state index contributed by atoms with van der Waals surface area (Å²) in [5.74, 6) is 1.46. The van der Waals surface area contributed by atoms with E-state index >= 15 is 0 Å². The number of ether oxygens (including phenoxy) is 1. The highest BCUT2D eigenvalue weighted by Crippen LogP contribution is 2.25. The first kappa shape index (κ1) is 12.5. The van der Waals surface area contributed by atoms with E-state index in [1.165, 1.54) is 5.56 Å². The molecule has 2 rings (SSSR count). The van der Waals surface area contributed by atoms with Crippen LogP contribution in [0.25, 0.3) is 0 Å². The first-order valence-electron chi connectivity index (χ1n) is 5.91. The molecule has 1 unspecified atom stereocenters. The summed E-state index contributed by atoms with van der Waals surface area (Å²) in [4.78, 5) is 8.24. The molecular weight excluding hydrogens is 226 g/mol. The number of rotatable bonds is 4. The molecule has 0 radical (unpaired) electrons. The molecule has 1 heterocycles. The highest BCUT2D eigenvalue weighted by Gasteiger charge is 2.09. The highest BCUT2D eigenvalue weighted by molar-refractivity contribution is 5.38. The van der Waals surface area contributed by atoms with Crippen LogP contribution in [0, 0.1) is 6.92 Å². The maximum Gasteiger partial charge on any atom is 0.166 e. The molecule has 0 aliphatic rings. The molecule has 4 nitrogen and oxygen atoms in total. The Morgan fingerprint density at radius 1 is 1.28 bits per heavy atom. The topological polar surface area (TPSA) is 61.0 Å². The van der Waals surface area contributed by atoms with Crippen LogP contribution < -0.4 is 10.5 Å². The van der Waals surface area contributed by atoms with E-state index in [9.17, 15) is 0 Å². The predicted molar refractivity (Wildman–Crippen MR) is 70.1 cm³/mol. The summed E-state index contributed by atoms with van der Waals surface area (Å²) in [6, 6.07) is 7.72. The highest BCUT2D eigenvalue weighted by atomic mass is 16.5. The van der Waals surface area contributed by atoms with Gasteiger partial charge in [-0.25, -0.2) is 9.97 Å². The molecule has 0 aliphatic carbocycles. The molecule has 2 N–H and O–H groups in total. The van der Waals surface area contributed by atoms with Crippen LogP contribution in [0.5, 0.6) is 5.75 Å². The van der Waals surface area contributed by atoms with Crippen molar-refractivity contribution < 1.29 is 4.74 Å². The van der Waals surface area contributed by atoms with Crippen LogP contribution in [0.15, 0.2) is 36.7 Å². The molecule has 0 saturated carbocycles. The Bertz CT molecular complexity index is 512. The summed E-state index contributed by atoms with van der Waals surface area (Å²) in [5, 5.41) is 0. The standard InChI is InChI=1S/C14H17N3O/c1-10-4-5-13(12(8-10)11(2)15)18-9-14-16-6-3-7-17-14/h3-8,11H,9,15H2,1-2H3. The van der Waals surface area contributed by atoms with Gasteiger partial charge in [-0.05, 0) is 26.0 Å². The second-order valence-corrected chi connectivity index (χ2v) is 4.28. The Balaban J connectivity index is 2.14. The van der Waals surface area contributed by atoms with E-state index < -0.39 is 0 Å². The SMILES string of the molecule is Cc1ccc(OCc2ncccn2)c(C(C)N)c1. The van der Waals surface area contributed by atoms with Gasteiger partial charge >= 0.3 is 0 Å². The molecule has 0 aliphatic heterocycles. The van der Waals surface area contributed by atoms with Crippen molar-refractivity contribution in [3.63, 3.8) is 0 Å². The van der Waals surface area contributed by atoms with Gasteiger partial charge in [0.1, 0.15) is 12.4 Å². The minimum Gasteiger partial charge on any atom is -0.485 e. The third-order valence-electron chi connectivity index (χ3n) is 2.63. The fraction of sp³-hybridized carbons (Fsp3) is 0.286. The van der Waals surface area contributed by atoms with Crippen LogP contribution in [-0.2, 0) is 6.61 Å². The predicted octanol–water partition coefficient (Wildman–Crippen LogP) is 2.38. The van der Waals surface area contributed by atoms with E-state index in [1.54, 1.807) is 18.5 Å². The van der Waals surface area contributed by atoms with Gasteiger partial charge in [0.25, 0.3) is 0 Å². The van der Waals surface area contributed by atoms with E-state index in [4.69, 9.17) is 10.5 Å². The van der Waals surface area contributed by atoms with Gasteiger partial charge in [-0.1, -0.05) is 17.7 Å². The van der Waals surface area contributed by atoms with Gasteiger partial charge in [0, 0.05) is 24.0 Å². The fourth-order valence-electron chi connectivity index (χ4n) is 1.70. The average Bonchev–Trinajstić information content (AvgIpc) is 2.38. The van der Waals surface area contributed by atoms with Crippen LogP contribution in [0.1, 0.15) is 29.9 Å². The number of nitrogens with zero attached hydrogens (tertiary/aromatic N) is 2. The van der Waals surface area contributed by atoms with Gasteiger partial charge in [-0.15, -0.1) is 0 Å².